The molecule has 2 aliphatic heterocycles. The van der Waals surface area contributed by atoms with Crippen molar-refractivity contribution in [3.63, 3.8) is 0 Å². The fourth-order valence-corrected chi connectivity index (χ4v) is 3.93. The standard InChI is InChI=1S/C18H26N2O2/c1-2-14(10-13-6-4-3-5-7-13)19-18(22)20-15-8-9-16(20)12-17(21)11-15/h3-7,14-17,21H,2,8-12H2,1H3,(H,19,22). The summed E-state index contributed by atoms with van der Waals surface area (Å²) in [5.41, 5.74) is 1.26. The molecule has 2 amide bonds. The number of piperidine rings is 1. The minimum Gasteiger partial charge on any atom is -0.393 e. The van der Waals surface area contributed by atoms with E-state index >= 15 is 0 Å². The SMILES string of the molecule is CCC(Cc1ccccc1)NC(=O)N1C2CCC1CC(O)C2. The van der Waals surface area contributed by atoms with Crippen LogP contribution in [-0.4, -0.2) is 40.3 Å². The largest absolute Gasteiger partial charge is 0.393 e. The van der Waals surface area contributed by atoms with E-state index in [1.807, 2.05) is 23.1 Å². The Morgan fingerprint density at radius 1 is 1.27 bits per heavy atom. The lowest BCUT2D eigenvalue weighted by molar-refractivity contribution is 0.0534. The Morgan fingerprint density at radius 2 is 1.91 bits per heavy atom. The van der Waals surface area contributed by atoms with E-state index in [2.05, 4.69) is 24.4 Å². The van der Waals surface area contributed by atoms with E-state index in [9.17, 15) is 9.90 Å². The molecule has 4 heteroatoms. The number of nitrogens with zero attached hydrogens (tertiary/aromatic N) is 1. The fraction of sp³-hybridized carbons (Fsp3) is 0.611. The topological polar surface area (TPSA) is 52.6 Å². The van der Waals surface area contributed by atoms with Gasteiger partial charge < -0.3 is 15.3 Å². The van der Waals surface area contributed by atoms with Gasteiger partial charge in [-0.2, -0.15) is 0 Å². The molecule has 0 radical (unpaired) electrons. The first kappa shape index (κ1) is 15.3. The maximum absolute atomic E-state index is 12.7. The lowest BCUT2D eigenvalue weighted by Crippen LogP contribution is -2.54. The molecule has 2 N–H and O–H groups in total. The molecule has 3 rings (SSSR count). The van der Waals surface area contributed by atoms with Gasteiger partial charge in [-0.3, -0.25) is 0 Å². The smallest absolute Gasteiger partial charge is 0.318 e. The van der Waals surface area contributed by atoms with Gasteiger partial charge in [0.1, 0.15) is 0 Å². The number of fused-ring (bicyclic) bond motifs is 2. The molecule has 2 fully saturated rings. The zero-order valence-corrected chi connectivity index (χ0v) is 13.2. The van der Waals surface area contributed by atoms with Crippen molar-refractivity contribution in [1.29, 1.82) is 0 Å². The predicted molar refractivity (Wildman–Crippen MR) is 86.6 cm³/mol. The van der Waals surface area contributed by atoms with Crippen molar-refractivity contribution in [2.75, 3.05) is 0 Å². The molecule has 0 saturated carbocycles. The van der Waals surface area contributed by atoms with Crippen molar-refractivity contribution < 1.29 is 9.90 Å². The third kappa shape index (κ3) is 3.27. The van der Waals surface area contributed by atoms with Crippen molar-refractivity contribution in [3.05, 3.63) is 35.9 Å². The van der Waals surface area contributed by atoms with Gasteiger partial charge in [0.15, 0.2) is 0 Å². The van der Waals surface area contributed by atoms with E-state index in [0.29, 0.717) is 0 Å². The van der Waals surface area contributed by atoms with Crippen LogP contribution in [0.2, 0.25) is 0 Å². The molecule has 2 heterocycles. The van der Waals surface area contributed by atoms with Gasteiger partial charge in [-0.05, 0) is 44.1 Å². The Bertz CT molecular complexity index is 491. The molecule has 4 nitrogen and oxygen atoms in total. The highest BCUT2D eigenvalue weighted by Crippen LogP contribution is 2.35. The minimum atomic E-state index is -0.229. The first-order valence-corrected chi connectivity index (χ1v) is 8.48. The summed E-state index contributed by atoms with van der Waals surface area (Å²) in [5.74, 6) is 0. The third-order valence-electron chi connectivity index (χ3n) is 5.09. The van der Waals surface area contributed by atoms with Gasteiger partial charge in [0, 0.05) is 18.1 Å². The highest BCUT2D eigenvalue weighted by molar-refractivity contribution is 5.76. The fourth-order valence-electron chi connectivity index (χ4n) is 3.93. The van der Waals surface area contributed by atoms with E-state index in [1.54, 1.807) is 0 Å². The Balaban J connectivity index is 1.60. The van der Waals surface area contributed by atoms with Gasteiger partial charge >= 0.3 is 6.03 Å². The number of urea groups is 1. The van der Waals surface area contributed by atoms with Crippen LogP contribution < -0.4 is 5.32 Å². The van der Waals surface area contributed by atoms with Gasteiger partial charge in [-0.25, -0.2) is 4.79 Å². The van der Waals surface area contributed by atoms with Gasteiger partial charge in [0.05, 0.1) is 6.10 Å². The van der Waals surface area contributed by atoms with E-state index in [4.69, 9.17) is 0 Å². The van der Waals surface area contributed by atoms with Gasteiger partial charge in [-0.1, -0.05) is 37.3 Å². The van der Waals surface area contributed by atoms with Crippen LogP contribution in [0.1, 0.15) is 44.6 Å². The highest BCUT2D eigenvalue weighted by atomic mass is 16.3. The van der Waals surface area contributed by atoms with Crippen LogP contribution in [-0.2, 0) is 6.42 Å². The van der Waals surface area contributed by atoms with Crippen LogP contribution >= 0.6 is 0 Å². The number of aliphatic hydroxyl groups excluding tert-OH is 1. The average molecular weight is 302 g/mol. The van der Waals surface area contributed by atoms with Crippen LogP contribution in [0.3, 0.4) is 0 Å². The molecule has 120 valence electrons. The van der Waals surface area contributed by atoms with Crippen LogP contribution in [0.25, 0.3) is 0 Å². The Morgan fingerprint density at radius 3 is 2.50 bits per heavy atom. The Kier molecular flexibility index (Phi) is 4.67. The number of hydrogen-bond acceptors (Lipinski definition) is 2. The van der Waals surface area contributed by atoms with E-state index in [-0.39, 0.29) is 30.3 Å². The molecule has 0 spiro atoms. The van der Waals surface area contributed by atoms with E-state index < -0.39 is 0 Å². The van der Waals surface area contributed by atoms with Crippen molar-refractivity contribution in [3.8, 4) is 0 Å². The summed E-state index contributed by atoms with van der Waals surface area (Å²) in [6.07, 6.45) is 5.10. The van der Waals surface area contributed by atoms with Gasteiger partial charge in [0.25, 0.3) is 0 Å². The summed E-state index contributed by atoms with van der Waals surface area (Å²) in [7, 11) is 0. The average Bonchev–Trinajstić information content (AvgIpc) is 2.79. The van der Waals surface area contributed by atoms with Crippen LogP contribution in [0.5, 0.6) is 0 Å². The van der Waals surface area contributed by atoms with E-state index in [0.717, 1.165) is 38.5 Å². The van der Waals surface area contributed by atoms with Crippen molar-refractivity contribution in [2.45, 2.75) is 69.7 Å². The summed E-state index contributed by atoms with van der Waals surface area (Å²) < 4.78 is 0. The predicted octanol–water partition coefficient (Wildman–Crippen LogP) is 2.71. The first-order chi connectivity index (χ1) is 10.7. The van der Waals surface area contributed by atoms with Crippen LogP contribution in [0.15, 0.2) is 30.3 Å². The van der Waals surface area contributed by atoms with Crippen molar-refractivity contribution in [2.24, 2.45) is 0 Å². The molecule has 3 atom stereocenters. The number of carbonyl (C=O) groups excluding carboxylic acids is 1. The molecule has 2 bridgehead atoms. The summed E-state index contributed by atoms with van der Waals surface area (Å²) in [6.45, 7) is 2.11. The number of carbonyl (C=O) groups is 1. The van der Waals surface area contributed by atoms with Gasteiger partial charge in [-0.15, -0.1) is 0 Å². The Hall–Kier alpha value is -1.55. The second-order valence-electron chi connectivity index (χ2n) is 6.66. The van der Waals surface area contributed by atoms with Crippen LogP contribution in [0, 0.1) is 0 Å². The van der Waals surface area contributed by atoms with Crippen molar-refractivity contribution >= 4 is 6.03 Å². The lowest BCUT2D eigenvalue weighted by Gasteiger charge is -2.38. The molecule has 0 aliphatic carbocycles. The number of hydrogen-bond donors (Lipinski definition) is 2. The van der Waals surface area contributed by atoms with Crippen LogP contribution in [0.4, 0.5) is 4.79 Å². The van der Waals surface area contributed by atoms with E-state index in [1.165, 1.54) is 5.56 Å². The minimum absolute atomic E-state index is 0.0576. The highest BCUT2D eigenvalue weighted by Gasteiger charge is 2.43. The monoisotopic (exact) mass is 302 g/mol. The normalized spacial score (nSPS) is 28.5. The summed E-state index contributed by atoms with van der Waals surface area (Å²) in [5, 5.41) is 13.1. The van der Waals surface area contributed by atoms with Gasteiger partial charge in [0.2, 0.25) is 0 Å². The maximum atomic E-state index is 12.7. The molecule has 22 heavy (non-hydrogen) atoms. The lowest BCUT2D eigenvalue weighted by atomic mass is 10.00. The summed E-state index contributed by atoms with van der Waals surface area (Å²) >= 11 is 0. The number of nitrogens with one attached hydrogen (secondary N) is 1. The zero-order valence-electron chi connectivity index (χ0n) is 13.2. The second kappa shape index (κ2) is 6.69. The molecule has 2 saturated heterocycles. The number of rotatable bonds is 4. The zero-order chi connectivity index (χ0) is 15.5. The molecule has 3 unspecified atom stereocenters. The molecular weight excluding hydrogens is 276 g/mol. The molecule has 1 aromatic rings. The molecule has 1 aromatic carbocycles. The second-order valence-corrected chi connectivity index (χ2v) is 6.66. The summed E-state index contributed by atoms with van der Waals surface area (Å²) in [6, 6.07) is 11.0. The Labute approximate surface area is 132 Å². The third-order valence-corrected chi connectivity index (χ3v) is 5.09. The molecular formula is C18H26N2O2. The number of amides is 2. The quantitative estimate of drug-likeness (QED) is 0.898. The number of benzene rings is 1. The number of aliphatic hydroxyl groups is 1. The maximum Gasteiger partial charge on any atom is 0.318 e. The summed E-state index contributed by atoms with van der Waals surface area (Å²) in [4.78, 5) is 14.7. The molecule has 2 aliphatic rings. The van der Waals surface area contributed by atoms with Crippen molar-refractivity contribution in [1.82, 2.24) is 10.2 Å². The first-order valence-electron chi connectivity index (χ1n) is 8.48. The molecule has 0 aromatic heterocycles.